The van der Waals surface area contributed by atoms with Crippen molar-refractivity contribution >= 4 is 33.5 Å². The van der Waals surface area contributed by atoms with Gasteiger partial charge < -0.3 is 19.5 Å². The lowest BCUT2D eigenvalue weighted by Gasteiger charge is -2.34. The Morgan fingerprint density at radius 3 is 2.57 bits per heavy atom. The van der Waals surface area contributed by atoms with E-state index in [9.17, 15) is 14.7 Å². The number of hydrogen-bond donors (Lipinski definition) is 1. The molecule has 1 amide bonds. The SMILES string of the molecule is CC(C)(C)OC(=O)[C@H](O)[C@H]1OCCN(c2ccc(Br)cc2)C1=O. The number of aliphatic hydroxyl groups is 1. The Hall–Kier alpha value is -1.44. The molecule has 1 aromatic rings. The van der Waals surface area contributed by atoms with E-state index in [-0.39, 0.29) is 6.61 Å². The molecule has 1 saturated heterocycles. The summed E-state index contributed by atoms with van der Waals surface area (Å²) < 4.78 is 11.3. The maximum absolute atomic E-state index is 12.5. The van der Waals surface area contributed by atoms with Crippen LogP contribution in [0.15, 0.2) is 28.7 Å². The van der Waals surface area contributed by atoms with E-state index >= 15 is 0 Å². The van der Waals surface area contributed by atoms with Crippen molar-refractivity contribution < 1.29 is 24.2 Å². The van der Waals surface area contributed by atoms with E-state index in [4.69, 9.17) is 9.47 Å². The van der Waals surface area contributed by atoms with Gasteiger partial charge in [-0.2, -0.15) is 0 Å². The van der Waals surface area contributed by atoms with Crippen molar-refractivity contribution in [3.8, 4) is 0 Å². The van der Waals surface area contributed by atoms with Gasteiger partial charge in [-0.05, 0) is 45.0 Å². The Balaban J connectivity index is 2.13. The van der Waals surface area contributed by atoms with Crippen molar-refractivity contribution in [2.45, 2.75) is 38.6 Å². The van der Waals surface area contributed by atoms with Crippen LogP contribution >= 0.6 is 15.9 Å². The van der Waals surface area contributed by atoms with E-state index in [1.165, 1.54) is 4.90 Å². The van der Waals surface area contributed by atoms with Crippen LogP contribution < -0.4 is 4.90 Å². The van der Waals surface area contributed by atoms with Gasteiger partial charge in [0.2, 0.25) is 0 Å². The first-order valence-electron chi connectivity index (χ1n) is 7.28. The van der Waals surface area contributed by atoms with Crippen molar-refractivity contribution in [1.29, 1.82) is 0 Å². The summed E-state index contributed by atoms with van der Waals surface area (Å²) in [5.74, 6) is -1.33. The number of carbonyl (C=O) groups is 2. The minimum atomic E-state index is -1.65. The summed E-state index contributed by atoms with van der Waals surface area (Å²) in [5.41, 5.74) is -0.0656. The number of esters is 1. The van der Waals surface area contributed by atoms with Crippen LogP contribution in [-0.4, -0.2) is 47.9 Å². The topological polar surface area (TPSA) is 76.1 Å². The fourth-order valence-corrected chi connectivity index (χ4v) is 2.46. The summed E-state index contributed by atoms with van der Waals surface area (Å²) in [5, 5.41) is 10.1. The third-order valence-electron chi connectivity index (χ3n) is 3.20. The molecule has 6 nitrogen and oxygen atoms in total. The largest absolute Gasteiger partial charge is 0.458 e. The van der Waals surface area contributed by atoms with Gasteiger partial charge in [-0.25, -0.2) is 4.79 Å². The summed E-state index contributed by atoms with van der Waals surface area (Å²) in [6, 6.07) is 7.20. The van der Waals surface area contributed by atoms with Gasteiger partial charge in [0.1, 0.15) is 5.60 Å². The second-order valence-electron chi connectivity index (χ2n) is 6.24. The highest BCUT2D eigenvalue weighted by atomic mass is 79.9. The van der Waals surface area contributed by atoms with Crippen molar-refractivity contribution in [2.24, 2.45) is 0 Å². The molecule has 1 N–H and O–H groups in total. The Morgan fingerprint density at radius 1 is 1.39 bits per heavy atom. The zero-order valence-corrected chi connectivity index (χ0v) is 14.9. The first-order valence-corrected chi connectivity index (χ1v) is 8.08. The van der Waals surface area contributed by atoms with Crippen molar-refractivity contribution in [2.75, 3.05) is 18.1 Å². The Bertz CT molecular complexity index is 581. The van der Waals surface area contributed by atoms with Crippen molar-refractivity contribution in [3.05, 3.63) is 28.7 Å². The molecule has 126 valence electrons. The zero-order valence-electron chi connectivity index (χ0n) is 13.3. The highest BCUT2D eigenvalue weighted by molar-refractivity contribution is 9.10. The zero-order chi connectivity index (χ0) is 17.2. The Kier molecular flexibility index (Phi) is 5.44. The lowest BCUT2D eigenvalue weighted by molar-refractivity contribution is -0.177. The normalized spacial score (nSPS) is 20.3. The lowest BCUT2D eigenvalue weighted by Crippen LogP contribution is -2.55. The molecular formula is C16H20BrNO5. The molecule has 2 rings (SSSR count). The average Bonchev–Trinajstić information content (AvgIpc) is 2.46. The maximum Gasteiger partial charge on any atom is 0.338 e. The molecule has 0 bridgehead atoms. The first kappa shape index (κ1) is 17.9. The van der Waals surface area contributed by atoms with E-state index in [2.05, 4.69) is 15.9 Å². The van der Waals surface area contributed by atoms with Crippen LogP contribution in [-0.2, 0) is 19.1 Å². The van der Waals surface area contributed by atoms with E-state index in [0.717, 1.165) is 4.47 Å². The molecule has 7 heteroatoms. The molecular weight excluding hydrogens is 366 g/mol. The third-order valence-corrected chi connectivity index (χ3v) is 3.72. The molecule has 1 heterocycles. The second-order valence-corrected chi connectivity index (χ2v) is 7.15. The fourth-order valence-electron chi connectivity index (χ4n) is 2.20. The molecule has 0 aromatic heterocycles. The van der Waals surface area contributed by atoms with Gasteiger partial charge in [-0.3, -0.25) is 4.79 Å². The Labute approximate surface area is 143 Å². The minimum Gasteiger partial charge on any atom is -0.458 e. The van der Waals surface area contributed by atoms with Crippen molar-refractivity contribution in [1.82, 2.24) is 0 Å². The summed E-state index contributed by atoms with van der Waals surface area (Å²) in [6.07, 6.45) is -2.91. The summed E-state index contributed by atoms with van der Waals surface area (Å²) >= 11 is 3.34. The van der Waals surface area contributed by atoms with E-state index < -0.39 is 29.7 Å². The van der Waals surface area contributed by atoms with Crippen LogP contribution in [0.4, 0.5) is 5.69 Å². The number of morpholine rings is 1. The number of rotatable bonds is 3. The fraction of sp³-hybridized carbons (Fsp3) is 0.500. The van der Waals surface area contributed by atoms with Crippen molar-refractivity contribution in [3.63, 3.8) is 0 Å². The summed E-state index contributed by atoms with van der Waals surface area (Å²) in [7, 11) is 0. The number of benzene rings is 1. The van der Waals surface area contributed by atoms with Gasteiger partial charge in [-0.15, -0.1) is 0 Å². The number of ether oxygens (including phenoxy) is 2. The molecule has 23 heavy (non-hydrogen) atoms. The van der Waals surface area contributed by atoms with E-state index in [0.29, 0.717) is 12.2 Å². The van der Waals surface area contributed by atoms with Crippen LogP contribution in [0.3, 0.4) is 0 Å². The molecule has 1 aliphatic heterocycles. The van der Waals surface area contributed by atoms with Crippen LogP contribution in [0.2, 0.25) is 0 Å². The highest BCUT2D eigenvalue weighted by Gasteiger charge is 2.41. The number of anilines is 1. The number of hydrogen-bond acceptors (Lipinski definition) is 5. The van der Waals surface area contributed by atoms with Crippen LogP contribution in [0.5, 0.6) is 0 Å². The molecule has 0 unspecified atom stereocenters. The molecule has 1 fully saturated rings. The number of amides is 1. The van der Waals surface area contributed by atoms with Crippen LogP contribution in [0.25, 0.3) is 0 Å². The Morgan fingerprint density at radius 2 is 2.00 bits per heavy atom. The molecule has 0 saturated carbocycles. The van der Waals surface area contributed by atoms with Gasteiger partial charge in [0.05, 0.1) is 6.61 Å². The summed E-state index contributed by atoms with van der Waals surface area (Å²) in [6.45, 7) is 5.66. The second kappa shape index (κ2) is 6.98. The minimum absolute atomic E-state index is 0.229. The number of halogens is 1. The van der Waals surface area contributed by atoms with Gasteiger partial charge in [0.25, 0.3) is 5.91 Å². The van der Waals surface area contributed by atoms with Gasteiger partial charge >= 0.3 is 5.97 Å². The van der Waals surface area contributed by atoms with E-state index in [1.807, 2.05) is 12.1 Å². The van der Waals surface area contributed by atoms with Gasteiger partial charge in [-0.1, -0.05) is 15.9 Å². The van der Waals surface area contributed by atoms with Gasteiger partial charge in [0.15, 0.2) is 12.2 Å². The molecule has 0 radical (unpaired) electrons. The van der Waals surface area contributed by atoms with E-state index in [1.54, 1.807) is 32.9 Å². The molecule has 1 aromatic carbocycles. The number of aliphatic hydroxyl groups excluding tert-OH is 1. The van der Waals surface area contributed by atoms with Crippen LogP contribution in [0, 0.1) is 0 Å². The average molecular weight is 386 g/mol. The van der Waals surface area contributed by atoms with Gasteiger partial charge in [0, 0.05) is 16.7 Å². The lowest BCUT2D eigenvalue weighted by atomic mass is 10.1. The monoisotopic (exact) mass is 385 g/mol. The highest BCUT2D eigenvalue weighted by Crippen LogP contribution is 2.23. The quantitative estimate of drug-likeness (QED) is 0.803. The first-order chi connectivity index (χ1) is 10.7. The molecule has 1 aliphatic rings. The predicted molar refractivity (Wildman–Crippen MR) is 88.1 cm³/mol. The maximum atomic E-state index is 12.5. The summed E-state index contributed by atoms with van der Waals surface area (Å²) in [4.78, 5) is 26.0. The third kappa shape index (κ3) is 4.53. The molecule has 0 spiro atoms. The molecule has 2 atom stereocenters. The molecule has 0 aliphatic carbocycles. The number of carbonyl (C=O) groups excluding carboxylic acids is 2. The predicted octanol–water partition coefficient (Wildman–Crippen LogP) is 1.88. The standard InChI is InChI=1S/C16H20BrNO5/c1-16(2,3)23-15(21)12(19)13-14(20)18(8-9-22-13)11-6-4-10(17)5-7-11/h4-7,12-13,19H,8-9H2,1-3H3/t12-,13-/m1/s1. The smallest absolute Gasteiger partial charge is 0.338 e. The number of nitrogens with zero attached hydrogens (tertiary/aromatic N) is 1. The van der Waals surface area contributed by atoms with Crippen LogP contribution in [0.1, 0.15) is 20.8 Å².